The highest BCUT2D eigenvalue weighted by molar-refractivity contribution is 5.97. The first-order valence-electron chi connectivity index (χ1n) is 7.02. The normalized spacial score (nSPS) is 15.0. The maximum atomic E-state index is 12.2. The van der Waals surface area contributed by atoms with Crippen LogP contribution in [0.3, 0.4) is 0 Å². The van der Waals surface area contributed by atoms with E-state index in [0.29, 0.717) is 18.8 Å². The number of anilines is 1. The van der Waals surface area contributed by atoms with Gasteiger partial charge in [0.05, 0.1) is 4.92 Å². The second kappa shape index (κ2) is 7.22. The summed E-state index contributed by atoms with van der Waals surface area (Å²) in [5.41, 5.74) is 0.587. The number of likely N-dealkylation sites (tertiary alicyclic amines) is 1. The number of carbonyl (C=O) groups is 1. The molecule has 2 rings (SSSR count). The van der Waals surface area contributed by atoms with E-state index in [4.69, 9.17) is 5.26 Å². The summed E-state index contributed by atoms with van der Waals surface area (Å²) in [6, 6.07) is 7.66. The maximum Gasteiger partial charge on any atom is 0.269 e. The van der Waals surface area contributed by atoms with Crippen LogP contribution in [0.1, 0.15) is 19.3 Å². The zero-order chi connectivity index (χ0) is 15.9. The number of hydrogen-bond acceptors (Lipinski definition) is 5. The molecule has 0 aromatic heterocycles. The average molecular weight is 300 g/mol. The van der Waals surface area contributed by atoms with Gasteiger partial charge in [0.1, 0.15) is 11.6 Å². The van der Waals surface area contributed by atoms with Gasteiger partial charge in [-0.05, 0) is 31.4 Å². The lowest BCUT2D eigenvalue weighted by atomic mass is 10.1. The minimum Gasteiger partial charge on any atom is -0.360 e. The Hall–Kier alpha value is -2.88. The van der Waals surface area contributed by atoms with E-state index in [1.165, 1.54) is 30.5 Å². The van der Waals surface area contributed by atoms with Gasteiger partial charge < -0.3 is 10.2 Å². The van der Waals surface area contributed by atoms with Crippen LogP contribution in [0, 0.1) is 21.4 Å². The van der Waals surface area contributed by atoms with E-state index < -0.39 is 4.92 Å². The molecule has 1 N–H and O–H groups in total. The second-order valence-electron chi connectivity index (χ2n) is 4.97. The summed E-state index contributed by atoms with van der Waals surface area (Å²) in [6.45, 7) is 1.35. The molecular weight excluding hydrogens is 284 g/mol. The van der Waals surface area contributed by atoms with Crippen LogP contribution < -0.4 is 5.32 Å². The molecule has 1 amide bonds. The van der Waals surface area contributed by atoms with E-state index >= 15 is 0 Å². The van der Waals surface area contributed by atoms with Gasteiger partial charge in [0.2, 0.25) is 0 Å². The highest BCUT2D eigenvalue weighted by Crippen LogP contribution is 2.16. The van der Waals surface area contributed by atoms with Gasteiger partial charge in [-0.2, -0.15) is 5.26 Å². The lowest BCUT2D eigenvalue weighted by molar-refractivity contribution is -0.384. The zero-order valence-corrected chi connectivity index (χ0v) is 12.0. The molecule has 1 saturated heterocycles. The van der Waals surface area contributed by atoms with Gasteiger partial charge in [-0.1, -0.05) is 0 Å². The summed E-state index contributed by atoms with van der Waals surface area (Å²) in [7, 11) is 0. The number of nitrogens with one attached hydrogen (secondary N) is 1. The van der Waals surface area contributed by atoms with Crippen molar-refractivity contribution in [2.75, 3.05) is 18.4 Å². The summed E-state index contributed by atoms with van der Waals surface area (Å²) in [6.07, 6.45) is 4.37. The standard InChI is InChI=1S/C15H16N4O3/c16-10-12(15(20)18-8-2-1-3-9-18)11-17-13-4-6-14(7-5-13)19(21)22/h4-7,11,17H,1-3,8-9H2/b12-11-. The van der Waals surface area contributed by atoms with Gasteiger partial charge in [0.15, 0.2) is 0 Å². The Kier molecular flexibility index (Phi) is 5.09. The fourth-order valence-corrected chi connectivity index (χ4v) is 2.24. The number of amides is 1. The number of carbonyl (C=O) groups excluding carboxylic acids is 1. The monoisotopic (exact) mass is 300 g/mol. The Morgan fingerprint density at radius 3 is 2.45 bits per heavy atom. The number of non-ortho nitro benzene ring substituents is 1. The lowest BCUT2D eigenvalue weighted by Crippen LogP contribution is -2.36. The number of benzene rings is 1. The first-order chi connectivity index (χ1) is 10.6. The third-order valence-corrected chi connectivity index (χ3v) is 3.46. The highest BCUT2D eigenvalue weighted by Gasteiger charge is 2.20. The van der Waals surface area contributed by atoms with Crippen LogP contribution in [0.5, 0.6) is 0 Å². The Morgan fingerprint density at radius 1 is 1.27 bits per heavy atom. The molecule has 114 valence electrons. The fraction of sp³-hybridized carbons (Fsp3) is 0.333. The van der Waals surface area contributed by atoms with E-state index in [-0.39, 0.29) is 17.2 Å². The molecule has 22 heavy (non-hydrogen) atoms. The predicted molar refractivity (Wildman–Crippen MR) is 80.8 cm³/mol. The van der Waals surface area contributed by atoms with Crippen LogP contribution in [-0.2, 0) is 4.79 Å². The van der Waals surface area contributed by atoms with Crippen molar-refractivity contribution >= 4 is 17.3 Å². The van der Waals surface area contributed by atoms with Crippen LogP contribution in [0.2, 0.25) is 0 Å². The van der Waals surface area contributed by atoms with E-state index in [2.05, 4.69) is 5.32 Å². The molecule has 0 unspecified atom stereocenters. The molecule has 0 spiro atoms. The second-order valence-corrected chi connectivity index (χ2v) is 4.97. The van der Waals surface area contributed by atoms with Crippen LogP contribution in [-0.4, -0.2) is 28.8 Å². The SMILES string of the molecule is N#C/C(=C/Nc1ccc([N+](=O)[O-])cc1)C(=O)N1CCCCC1. The van der Waals surface area contributed by atoms with E-state index in [9.17, 15) is 14.9 Å². The summed E-state index contributed by atoms with van der Waals surface area (Å²) in [5.74, 6) is -0.281. The van der Waals surface area contributed by atoms with Crippen molar-refractivity contribution in [2.45, 2.75) is 19.3 Å². The predicted octanol–water partition coefficient (Wildman–Crippen LogP) is 2.43. The number of piperidine rings is 1. The van der Waals surface area contributed by atoms with Gasteiger partial charge in [0.25, 0.3) is 11.6 Å². The number of nitro benzene ring substituents is 1. The molecule has 0 aliphatic carbocycles. The van der Waals surface area contributed by atoms with Crippen LogP contribution in [0.25, 0.3) is 0 Å². The number of nitro groups is 1. The van der Waals surface area contributed by atoms with Crippen molar-refractivity contribution in [1.29, 1.82) is 5.26 Å². The van der Waals surface area contributed by atoms with Crippen molar-refractivity contribution in [3.8, 4) is 6.07 Å². The van der Waals surface area contributed by atoms with Crippen molar-refractivity contribution in [3.05, 3.63) is 46.2 Å². The molecule has 1 aliphatic heterocycles. The third-order valence-electron chi connectivity index (χ3n) is 3.46. The van der Waals surface area contributed by atoms with Crippen LogP contribution in [0.15, 0.2) is 36.0 Å². The number of nitrogens with zero attached hydrogens (tertiary/aromatic N) is 3. The summed E-state index contributed by atoms with van der Waals surface area (Å²) in [5, 5.41) is 22.5. The Labute approximate surface area is 128 Å². The largest absolute Gasteiger partial charge is 0.360 e. The van der Waals surface area contributed by atoms with E-state index in [1.54, 1.807) is 4.90 Å². The maximum absolute atomic E-state index is 12.2. The third kappa shape index (κ3) is 3.82. The average Bonchev–Trinajstić information content (AvgIpc) is 2.56. The first kappa shape index (κ1) is 15.5. The quantitative estimate of drug-likeness (QED) is 0.398. The summed E-state index contributed by atoms with van der Waals surface area (Å²) >= 11 is 0. The van der Waals surface area contributed by atoms with Gasteiger partial charge in [-0.25, -0.2) is 0 Å². The first-order valence-corrected chi connectivity index (χ1v) is 7.02. The van der Waals surface area contributed by atoms with Crippen molar-refractivity contribution in [3.63, 3.8) is 0 Å². The molecular formula is C15H16N4O3. The van der Waals surface area contributed by atoms with Crippen molar-refractivity contribution in [1.82, 2.24) is 4.90 Å². The van der Waals surface area contributed by atoms with Crippen molar-refractivity contribution < 1.29 is 9.72 Å². The summed E-state index contributed by atoms with van der Waals surface area (Å²) in [4.78, 5) is 24.0. The molecule has 0 bridgehead atoms. The van der Waals surface area contributed by atoms with E-state index in [0.717, 1.165) is 19.3 Å². The number of nitriles is 1. The van der Waals surface area contributed by atoms with Gasteiger partial charge in [-0.3, -0.25) is 14.9 Å². The van der Waals surface area contributed by atoms with Gasteiger partial charge in [0, 0.05) is 37.1 Å². The molecule has 1 aromatic rings. The lowest BCUT2D eigenvalue weighted by Gasteiger charge is -2.26. The van der Waals surface area contributed by atoms with Crippen molar-refractivity contribution in [2.24, 2.45) is 0 Å². The van der Waals surface area contributed by atoms with Gasteiger partial charge >= 0.3 is 0 Å². The Bertz CT molecular complexity index is 625. The number of hydrogen-bond donors (Lipinski definition) is 1. The molecule has 1 aromatic carbocycles. The zero-order valence-electron chi connectivity index (χ0n) is 12.0. The fourth-order valence-electron chi connectivity index (χ4n) is 2.24. The minimum atomic E-state index is -0.486. The van der Waals surface area contributed by atoms with Crippen LogP contribution in [0.4, 0.5) is 11.4 Å². The van der Waals surface area contributed by atoms with Crippen LogP contribution >= 0.6 is 0 Å². The minimum absolute atomic E-state index is 0.0144. The topological polar surface area (TPSA) is 99.3 Å². The molecule has 0 radical (unpaired) electrons. The molecule has 1 fully saturated rings. The molecule has 1 aliphatic rings. The Balaban J connectivity index is 2.04. The number of rotatable bonds is 4. The molecule has 7 nitrogen and oxygen atoms in total. The molecule has 1 heterocycles. The van der Waals surface area contributed by atoms with Gasteiger partial charge in [-0.15, -0.1) is 0 Å². The van der Waals surface area contributed by atoms with E-state index in [1.807, 2.05) is 6.07 Å². The highest BCUT2D eigenvalue weighted by atomic mass is 16.6. The smallest absolute Gasteiger partial charge is 0.269 e. The molecule has 0 atom stereocenters. The molecule has 0 saturated carbocycles. The Morgan fingerprint density at radius 2 is 1.91 bits per heavy atom. The molecule has 7 heteroatoms. The summed E-state index contributed by atoms with van der Waals surface area (Å²) < 4.78 is 0.